The minimum absolute atomic E-state index is 0.0646. The number of likely N-dealkylation sites (tertiary alicyclic amines) is 1. The zero-order valence-corrected chi connectivity index (χ0v) is 26.8. The molecule has 2 aliphatic rings. The predicted octanol–water partition coefficient (Wildman–Crippen LogP) is 6.43. The summed E-state index contributed by atoms with van der Waals surface area (Å²) in [5, 5.41) is 11.7. The number of ether oxygens (including phenoxy) is 2. The highest BCUT2D eigenvalue weighted by Crippen LogP contribution is 2.40. The van der Waals surface area contributed by atoms with Gasteiger partial charge in [0.15, 0.2) is 0 Å². The van der Waals surface area contributed by atoms with Crippen LogP contribution in [0.4, 0.5) is 13.2 Å². The number of hydrogen-bond acceptors (Lipinski definition) is 8. The second-order valence-corrected chi connectivity index (χ2v) is 13.0. The first-order valence-electron chi connectivity index (χ1n) is 15.0. The van der Waals surface area contributed by atoms with Crippen molar-refractivity contribution in [3.05, 3.63) is 73.4 Å². The van der Waals surface area contributed by atoms with Crippen LogP contribution in [0.25, 0.3) is 21.3 Å². The molecule has 6 rings (SSSR count). The number of piperidine rings is 1. The topological polar surface area (TPSA) is 107 Å². The van der Waals surface area contributed by atoms with E-state index in [1.54, 1.807) is 42.0 Å². The molecule has 244 valence electrons. The van der Waals surface area contributed by atoms with Crippen LogP contribution in [0, 0.1) is 13.8 Å². The van der Waals surface area contributed by atoms with Gasteiger partial charge in [0.2, 0.25) is 0 Å². The normalized spacial score (nSPS) is 18.9. The van der Waals surface area contributed by atoms with E-state index in [0.717, 1.165) is 11.3 Å². The van der Waals surface area contributed by atoms with E-state index in [1.165, 1.54) is 11.3 Å². The summed E-state index contributed by atoms with van der Waals surface area (Å²) in [6, 6.07) is 7.00. The van der Waals surface area contributed by atoms with Crippen molar-refractivity contribution in [1.82, 2.24) is 19.4 Å². The third-order valence-corrected chi connectivity index (χ3v) is 9.84. The van der Waals surface area contributed by atoms with Gasteiger partial charge in [-0.2, -0.15) is 0 Å². The number of aryl methyl sites for hydroxylation is 3. The molecule has 1 N–H and O–H groups in total. The number of thiophene rings is 1. The summed E-state index contributed by atoms with van der Waals surface area (Å²) < 4.78 is 51.4. The Morgan fingerprint density at radius 3 is 2.74 bits per heavy atom. The number of nitrogens with zero attached hydrogens (tertiary/aromatic N) is 4. The number of pyridine rings is 1. The fourth-order valence-corrected chi connectivity index (χ4v) is 7.72. The Labute approximate surface area is 271 Å². The van der Waals surface area contributed by atoms with Crippen LogP contribution in [0.5, 0.6) is 5.75 Å². The van der Waals surface area contributed by atoms with Gasteiger partial charge in [-0.3, -0.25) is 24.0 Å². The molecule has 2 atom stereocenters. The standard InChI is InChI=1S/C32H32ClF3N4O5S/c1-17-12-23(29-28(37-17)25(16-46-29)31(42)43)22-13-19(33)5-8-27(22)44-11-10-40-18(2)38-26-7-6-20(14-24(26)30(40)41)39-9-3-4-21(15-39)45-32(34,35)36/h5,8,12-13,16,20-21H,3-4,6-7,9-11,14-15H2,1-2H3,(H,42,43)/t20-,21+/m0/s1. The molecule has 1 aliphatic heterocycles. The molecule has 4 heterocycles. The van der Waals surface area contributed by atoms with Crippen LogP contribution in [0.3, 0.4) is 0 Å². The fraction of sp³-hybridized carbons (Fsp3) is 0.438. The van der Waals surface area contributed by atoms with E-state index < -0.39 is 18.4 Å². The van der Waals surface area contributed by atoms with E-state index in [4.69, 9.17) is 21.3 Å². The van der Waals surface area contributed by atoms with Crippen molar-refractivity contribution in [3.8, 4) is 16.9 Å². The van der Waals surface area contributed by atoms with E-state index in [0.29, 0.717) is 82.3 Å². The molecular weight excluding hydrogens is 645 g/mol. The maximum absolute atomic E-state index is 13.7. The molecule has 46 heavy (non-hydrogen) atoms. The molecule has 3 aromatic heterocycles. The molecule has 0 bridgehead atoms. The maximum Gasteiger partial charge on any atom is 0.522 e. The number of carbonyl (C=O) groups is 1. The molecule has 0 radical (unpaired) electrons. The Morgan fingerprint density at radius 1 is 1.17 bits per heavy atom. The lowest BCUT2D eigenvalue weighted by atomic mass is 9.90. The predicted molar refractivity (Wildman–Crippen MR) is 168 cm³/mol. The van der Waals surface area contributed by atoms with Crippen molar-refractivity contribution in [3.63, 3.8) is 0 Å². The van der Waals surface area contributed by atoms with E-state index >= 15 is 0 Å². The number of aromatic carboxylic acids is 1. The largest absolute Gasteiger partial charge is 0.522 e. The van der Waals surface area contributed by atoms with Crippen LogP contribution < -0.4 is 10.3 Å². The van der Waals surface area contributed by atoms with Gasteiger partial charge < -0.3 is 9.84 Å². The molecule has 9 nitrogen and oxygen atoms in total. The number of aromatic nitrogens is 3. The van der Waals surface area contributed by atoms with E-state index in [-0.39, 0.29) is 36.9 Å². The number of carboxylic acids is 1. The molecule has 1 aromatic carbocycles. The van der Waals surface area contributed by atoms with Crippen LogP contribution >= 0.6 is 22.9 Å². The van der Waals surface area contributed by atoms with Crippen LogP contribution in [0.15, 0.2) is 34.4 Å². The van der Waals surface area contributed by atoms with Crippen molar-refractivity contribution in [1.29, 1.82) is 0 Å². The summed E-state index contributed by atoms with van der Waals surface area (Å²) in [5.74, 6) is 0.0169. The van der Waals surface area contributed by atoms with Crippen molar-refractivity contribution in [2.45, 2.75) is 71.0 Å². The number of alkyl halides is 3. The van der Waals surface area contributed by atoms with Crippen LogP contribution in [-0.2, 0) is 24.1 Å². The highest BCUT2D eigenvalue weighted by atomic mass is 35.5. The quantitative estimate of drug-likeness (QED) is 0.228. The molecule has 0 unspecified atom stereocenters. The second-order valence-electron chi connectivity index (χ2n) is 11.7. The number of fused-ring (bicyclic) bond motifs is 2. The molecule has 0 amide bonds. The number of rotatable bonds is 8. The highest BCUT2D eigenvalue weighted by molar-refractivity contribution is 7.18. The van der Waals surface area contributed by atoms with Crippen LogP contribution in [0.2, 0.25) is 5.02 Å². The smallest absolute Gasteiger partial charge is 0.491 e. The minimum Gasteiger partial charge on any atom is -0.491 e. The highest BCUT2D eigenvalue weighted by Gasteiger charge is 2.37. The monoisotopic (exact) mass is 676 g/mol. The number of carboxylic acid groups (broad SMARTS) is 1. The third kappa shape index (κ3) is 6.78. The molecule has 14 heteroatoms. The fourth-order valence-electron chi connectivity index (χ4n) is 6.54. The molecule has 4 aromatic rings. The summed E-state index contributed by atoms with van der Waals surface area (Å²) in [5.41, 5.74) is 3.74. The molecule has 1 saturated heterocycles. The lowest BCUT2D eigenvalue weighted by Crippen LogP contribution is -2.49. The molecule has 1 fully saturated rings. The molecule has 0 saturated carbocycles. The van der Waals surface area contributed by atoms with Gasteiger partial charge in [-0.1, -0.05) is 11.6 Å². The van der Waals surface area contributed by atoms with E-state index in [1.807, 2.05) is 11.0 Å². The zero-order chi connectivity index (χ0) is 32.7. The summed E-state index contributed by atoms with van der Waals surface area (Å²) in [4.78, 5) is 36.7. The van der Waals surface area contributed by atoms with Gasteiger partial charge in [0.25, 0.3) is 5.56 Å². The average molecular weight is 677 g/mol. The lowest BCUT2D eigenvalue weighted by Gasteiger charge is -2.40. The van der Waals surface area contributed by atoms with Crippen molar-refractivity contribution in [2.75, 3.05) is 19.7 Å². The Balaban J connectivity index is 1.21. The number of hydrogen-bond donors (Lipinski definition) is 1. The van der Waals surface area contributed by atoms with Gasteiger partial charge in [0, 0.05) is 45.4 Å². The van der Waals surface area contributed by atoms with Crippen molar-refractivity contribution < 1.29 is 32.5 Å². The second kappa shape index (κ2) is 12.9. The first-order chi connectivity index (χ1) is 21.9. The Bertz CT molecular complexity index is 1860. The molecule has 0 spiro atoms. The summed E-state index contributed by atoms with van der Waals surface area (Å²) in [6.07, 6.45) is -2.93. The van der Waals surface area contributed by atoms with Gasteiger partial charge >= 0.3 is 12.3 Å². The average Bonchev–Trinajstić information content (AvgIpc) is 3.42. The van der Waals surface area contributed by atoms with Gasteiger partial charge in [-0.05, 0) is 76.8 Å². The minimum atomic E-state index is -4.67. The summed E-state index contributed by atoms with van der Waals surface area (Å²) >= 11 is 7.66. The Kier molecular flexibility index (Phi) is 9.12. The van der Waals surface area contributed by atoms with Gasteiger partial charge in [-0.25, -0.2) is 9.78 Å². The van der Waals surface area contributed by atoms with Crippen LogP contribution in [-0.4, -0.2) is 68.7 Å². The van der Waals surface area contributed by atoms with Gasteiger partial charge in [-0.15, -0.1) is 24.5 Å². The van der Waals surface area contributed by atoms with E-state index in [9.17, 15) is 27.9 Å². The summed E-state index contributed by atoms with van der Waals surface area (Å²) in [7, 11) is 0. The summed E-state index contributed by atoms with van der Waals surface area (Å²) in [6.45, 7) is 4.76. The van der Waals surface area contributed by atoms with Crippen molar-refractivity contribution >= 4 is 39.1 Å². The molecular formula is C32H32ClF3N4O5S. The first-order valence-corrected chi connectivity index (χ1v) is 16.3. The number of benzene rings is 1. The maximum atomic E-state index is 13.7. The van der Waals surface area contributed by atoms with Gasteiger partial charge in [0.1, 0.15) is 18.2 Å². The first kappa shape index (κ1) is 32.4. The Hall–Kier alpha value is -3.52. The van der Waals surface area contributed by atoms with E-state index in [2.05, 4.69) is 9.72 Å². The zero-order valence-electron chi connectivity index (χ0n) is 25.2. The lowest BCUT2D eigenvalue weighted by molar-refractivity contribution is -0.346. The third-order valence-electron chi connectivity index (χ3n) is 8.60. The van der Waals surface area contributed by atoms with Crippen molar-refractivity contribution in [2.24, 2.45) is 0 Å². The number of halogens is 4. The molecule has 1 aliphatic carbocycles. The van der Waals surface area contributed by atoms with Crippen LogP contribution in [0.1, 0.15) is 52.4 Å². The SMILES string of the molecule is Cc1cc(-c2cc(Cl)ccc2OCCn2c(C)nc3c(c2=O)C[C@@H](N2CCC[C@@H](OC(F)(F)F)C2)CC3)c2scc(C(=O)O)c2n1. The Morgan fingerprint density at radius 2 is 1.98 bits per heavy atom. The van der Waals surface area contributed by atoms with Gasteiger partial charge in [0.05, 0.1) is 34.1 Å².